The Morgan fingerprint density at radius 3 is 1.81 bits per heavy atom. The molecule has 0 bridgehead atoms. The molecule has 0 aromatic heterocycles. The molecule has 3 aliphatic heterocycles. The molecule has 3 fully saturated rings. The number of hydrogen-bond donors (Lipinski definition) is 8. The van der Waals surface area contributed by atoms with E-state index >= 15 is 0 Å². The highest BCUT2D eigenvalue weighted by Gasteiger charge is 2.51. The fraction of sp³-hybridized carbons (Fsp3) is 0.879. The van der Waals surface area contributed by atoms with Crippen LogP contribution in [0, 0.1) is 5.92 Å². The van der Waals surface area contributed by atoms with E-state index in [9.17, 15) is 50.4 Å². The van der Waals surface area contributed by atoms with Gasteiger partial charge in [0.25, 0.3) is 0 Å². The second kappa shape index (κ2) is 20.2. The summed E-state index contributed by atoms with van der Waals surface area (Å²) in [6.07, 6.45) is -3.19. The SMILES string of the molecule is C=C1C(=O)O[C@H](CCCCCCCCCCCCC[C@@H](C)O[C@@H]2O[C@H](CO)[C@@H](O)[C@H](O[C@@H]3O[C@H](CO)[C@@H](O)[C@H](O)[C@H]3O)[C@H]2O)[C@H]1C(=O)O. The number of carboxylic acid groups (broad SMARTS) is 1. The van der Waals surface area contributed by atoms with Gasteiger partial charge in [-0.25, -0.2) is 4.79 Å². The van der Waals surface area contributed by atoms with Crippen molar-refractivity contribution in [2.75, 3.05) is 13.2 Å². The number of aliphatic hydroxyl groups excluding tert-OH is 7. The van der Waals surface area contributed by atoms with Crippen molar-refractivity contribution in [1.82, 2.24) is 0 Å². The molecule has 0 unspecified atom stereocenters. The molecule has 8 N–H and O–H groups in total. The van der Waals surface area contributed by atoms with Crippen LogP contribution in [0.2, 0.25) is 0 Å². The van der Waals surface area contributed by atoms with Crippen molar-refractivity contribution in [2.45, 2.75) is 164 Å². The Morgan fingerprint density at radius 1 is 0.729 bits per heavy atom. The highest BCUT2D eigenvalue weighted by Crippen LogP contribution is 2.32. The van der Waals surface area contributed by atoms with Crippen molar-refractivity contribution >= 4 is 11.9 Å². The molecule has 3 saturated heterocycles. The van der Waals surface area contributed by atoms with Gasteiger partial charge in [-0.1, -0.05) is 70.8 Å². The first-order chi connectivity index (χ1) is 22.9. The lowest BCUT2D eigenvalue weighted by Gasteiger charge is -2.46. The number of cyclic esters (lactones) is 1. The van der Waals surface area contributed by atoms with Gasteiger partial charge in [-0.3, -0.25) is 4.79 Å². The largest absolute Gasteiger partial charge is 0.481 e. The number of unbranched alkanes of at least 4 members (excludes halogenated alkanes) is 10. The monoisotopic (exact) mass is 692 g/mol. The topological polar surface area (TPSA) is 242 Å². The van der Waals surface area contributed by atoms with Gasteiger partial charge in [0.05, 0.1) is 19.3 Å². The van der Waals surface area contributed by atoms with Gasteiger partial charge in [0.2, 0.25) is 0 Å². The molecule has 3 aliphatic rings. The third kappa shape index (κ3) is 11.1. The number of carbonyl (C=O) groups excluding carboxylic acids is 1. The molecule has 3 heterocycles. The number of rotatable bonds is 21. The predicted molar refractivity (Wildman–Crippen MR) is 167 cm³/mol. The number of aliphatic carboxylic acids is 1. The predicted octanol–water partition coefficient (Wildman–Crippen LogP) is 0.269. The second-order valence-electron chi connectivity index (χ2n) is 13.2. The summed E-state index contributed by atoms with van der Waals surface area (Å²) >= 11 is 0. The van der Waals surface area contributed by atoms with Gasteiger partial charge in [0.15, 0.2) is 12.6 Å². The molecule has 0 radical (unpaired) electrons. The summed E-state index contributed by atoms with van der Waals surface area (Å²) in [6, 6.07) is 0. The van der Waals surface area contributed by atoms with Crippen LogP contribution < -0.4 is 0 Å². The van der Waals surface area contributed by atoms with Gasteiger partial charge in [0, 0.05) is 5.57 Å². The molecule has 3 rings (SSSR count). The molecule has 278 valence electrons. The van der Waals surface area contributed by atoms with E-state index in [-0.39, 0.29) is 11.7 Å². The maximum absolute atomic E-state index is 11.6. The van der Waals surface area contributed by atoms with Gasteiger partial charge >= 0.3 is 11.9 Å². The zero-order valence-corrected chi connectivity index (χ0v) is 27.8. The van der Waals surface area contributed by atoms with E-state index in [1.807, 2.05) is 6.92 Å². The first-order valence-corrected chi connectivity index (χ1v) is 17.3. The van der Waals surface area contributed by atoms with Crippen LogP contribution in [0.3, 0.4) is 0 Å². The minimum absolute atomic E-state index is 0.0292. The average Bonchev–Trinajstić information content (AvgIpc) is 3.34. The highest BCUT2D eigenvalue weighted by atomic mass is 16.7. The van der Waals surface area contributed by atoms with Crippen LogP contribution in [-0.4, -0.2) is 140 Å². The summed E-state index contributed by atoms with van der Waals surface area (Å²) in [6.45, 7) is 4.09. The van der Waals surface area contributed by atoms with Crippen LogP contribution >= 0.6 is 0 Å². The van der Waals surface area contributed by atoms with E-state index in [0.717, 1.165) is 70.6 Å². The Kier molecular flexibility index (Phi) is 17.1. The molecule has 0 aromatic rings. The number of carbonyl (C=O) groups is 2. The molecule has 0 aliphatic carbocycles. The Morgan fingerprint density at radius 2 is 1.25 bits per heavy atom. The average molecular weight is 693 g/mol. The maximum Gasteiger partial charge on any atom is 0.334 e. The van der Waals surface area contributed by atoms with Gasteiger partial charge in [-0.2, -0.15) is 0 Å². The van der Waals surface area contributed by atoms with E-state index < -0.39 is 98.6 Å². The highest BCUT2D eigenvalue weighted by molar-refractivity contribution is 5.97. The molecule has 0 aromatic carbocycles. The summed E-state index contributed by atoms with van der Waals surface area (Å²) in [5, 5.41) is 80.4. The number of ether oxygens (including phenoxy) is 5. The zero-order valence-electron chi connectivity index (χ0n) is 27.8. The quantitative estimate of drug-likeness (QED) is 0.0457. The van der Waals surface area contributed by atoms with E-state index in [0.29, 0.717) is 12.8 Å². The normalized spacial score (nSPS) is 36.2. The Balaban J connectivity index is 1.26. The van der Waals surface area contributed by atoms with E-state index in [4.69, 9.17) is 23.7 Å². The molecule has 48 heavy (non-hydrogen) atoms. The van der Waals surface area contributed by atoms with E-state index in [2.05, 4.69) is 6.58 Å². The molecule has 15 heteroatoms. The van der Waals surface area contributed by atoms with Gasteiger partial charge in [-0.05, 0) is 26.2 Å². The summed E-state index contributed by atoms with van der Waals surface area (Å²) in [5.74, 6) is -2.61. The lowest BCUT2D eigenvalue weighted by molar-refractivity contribution is -0.363. The van der Waals surface area contributed by atoms with Gasteiger partial charge in [0.1, 0.15) is 60.9 Å². The second-order valence-corrected chi connectivity index (χ2v) is 13.2. The fourth-order valence-corrected chi connectivity index (χ4v) is 6.49. The van der Waals surface area contributed by atoms with Crippen LogP contribution in [0.4, 0.5) is 0 Å². The summed E-state index contributed by atoms with van der Waals surface area (Å²) in [4.78, 5) is 23.0. The smallest absolute Gasteiger partial charge is 0.334 e. The van der Waals surface area contributed by atoms with E-state index in [1.54, 1.807) is 0 Å². The standard InChI is InChI=1S/C33H56O15/c1-18(14-12-10-8-6-4-3-5-7-9-11-13-15-20-23(30(41)42)19(2)31(43)45-20)44-33-28(40)29(25(37)22(17-35)47-33)48-32-27(39)26(38)24(36)21(16-34)46-32/h18,20-29,32-40H,2-17H2,1H3,(H,41,42)/t18-,20-,21-,22-,23+,24-,25-,26+,27-,28-,29+,32+,33-/m1/s1. The molecular weight excluding hydrogens is 636 g/mol. The Labute approximate surface area is 281 Å². The van der Waals surface area contributed by atoms with Crippen LogP contribution in [0.25, 0.3) is 0 Å². The third-order valence-electron chi connectivity index (χ3n) is 9.46. The van der Waals surface area contributed by atoms with Crippen molar-refractivity contribution in [3.05, 3.63) is 12.2 Å². The van der Waals surface area contributed by atoms with Crippen LogP contribution in [0.5, 0.6) is 0 Å². The molecular formula is C33H56O15. The molecule has 0 amide bonds. The molecule has 0 spiro atoms. The van der Waals surface area contributed by atoms with Crippen LogP contribution in [0.1, 0.15) is 90.4 Å². The van der Waals surface area contributed by atoms with Gasteiger partial charge < -0.3 is 64.5 Å². The molecule has 0 saturated carbocycles. The van der Waals surface area contributed by atoms with Crippen molar-refractivity contribution in [1.29, 1.82) is 0 Å². The number of hydrogen-bond acceptors (Lipinski definition) is 14. The van der Waals surface area contributed by atoms with Gasteiger partial charge in [-0.15, -0.1) is 0 Å². The lowest BCUT2D eigenvalue weighted by Crippen LogP contribution is -2.65. The first kappa shape index (κ1) is 40.7. The minimum atomic E-state index is -1.74. The van der Waals surface area contributed by atoms with Crippen molar-refractivity contribution < 1.29 is 74.1 Å². The molecule has 15 nitrogen and oxygen atoms in total. The van der Waals surface area contributed by atoms with Crippen molar-refractivity contribution in [3.63, 3.8) is 0 Å². The maximum atomic E-state index is 11.6. The number of aliphatic hydroxyl groups is 7. The number of esters is 1. The van der Waals surface area contributed by atoms with Crippen molar-refractivity contribution in [3.8, 4) is 0 Å². The van der Waals surface area contributed by atoms with E-state index in [1.165, 1.54) is 0 Å². The fourth-order valence-electron chi connectivity index (χ4n) is 6.49. The van der Waals surface area contributed by atoms with Crippen molar-refractivity contribution in [2.24, 2.45) is 5.92 Å². The summed E-state index contributed by atoms with van der Waals surface area (Å²) in [5.41, 5.74) is 0.0292. The molecule has 13 atom stereocenters. The van der Waals surface area contributed by atoms with Crippen LogP contribution in [-0.2, 0) is 33.3 Å². The van der Waals surface area contributed by atoms with Crippen LogP contribution in [0.15, 0.2) is 12.2 Å². The number of carboxylic acids is 1. The summed E-state index contributed by atoms with van der Waals surface area (Å²) < 4.78 is 27.6. The Hall–Kier alpha value is -1.76. The first-order valence-electron chi connectivity index (χ1n) is 17.3. The zero-order chi connectivity index (χ0) is 35.4. The Bertz CT molecular complexity index is 994. The minimum Gasteiger partial charge on any atom is -0.481 e. The third-order valence-corrected chi connectivity index (χ3v) is 9.46. The lowest BCUT2D eigenvalue weighted by atomic mass is 9.93. The summed E-state index contributed by atoms with van der Waals surface area (Å²) in [7, 11) is 0.